The van der Waals surface area contributed by atoms with Crippen LogP contribution in [0.1, 0.15) is 0 Å². The smallest absolute Gasteiger partial charge is 0.0724 e. The van der Waals surface area contributed by atoms with Crippen LogP contribution < -0.4 is 0 Å². The van der Waals surface area contributed by atoms with Gasteiger partial charge in [0.05, 0.1) is 11.2 Å². The lowest BCUT2D eigenvalue weighted by atomic mass is 9.99. The minimum absolute atomic E-state index is 0.750. The van der Waals surface area contributed by atoms with Gasteiger partial charge in [-0.1, -0.05) is 41.9 Å². The normalized spacial score (nSPS) is 11.0. The molecule has 0 N–H and O–H groups in total. The summed E-state index contributed by atoms with van der Waals surface area (Å²) in [5.74, 6) is 0. The van der Waals surface area contributed by atoms with E-state index in [9.17, 15) is 0 Å². The minimum atomic E-state index is 0.750. The van der Waals surface area contributed by atoms with Gasteiger partial charge in [-0.05, 0) is 46.8 Å². The van der Waals surface area contributed by atoms with Crippen LogP contribution in [0.3, 0.4) is 0 Å². The topological polar surface area (TPSA) is 12.9 Å². The first kappa shape index (κ1) is 13.5. The quantitative estimate of drug-likeness (QED) is 0.423. The molecule has 4 rings (SSSR count). The molecule has 0 bridgehead atoms. The second kappa shape index (κ2) is 5.56. The van der Waals surface area contributed by atoms with Crippen molar-refractivity contribution in [1.29, 1.82) is 0 Å². The van der Waals surface area contributed by atoms with Gasteiger partial charge in [0.1, 0.15) is 0 Å². The second-order valence-corrected chi connectivity index (χ2v) is 6.31. The van der Waals surface area contributed by atoms with E-state index in [1.54, 1.807) is 11.3 Å². The molecular weight excluding hydrogens is 310 g/mol. The predicted molar refractivity (Wildman–Crippen MR) is 95.5 cm³/mol. The molecule has 3 heteroatoms. The zero-order valence-electron chi connectivity index (χ0n) is 11.7. The van der Waals surface area contributed by atoms with E-state index in [4.69, 9.17) is 16.6 Å². The highest BCUT2D eigenvalue weighted by Gasteiger charge is 2.09. The molecule has 106 valence electrons. The third-order valence-corrected chi connectivity index (χ3v) is 4.62. The maximum atomic E-state index is 6.02. The van der Waals surface area contributed by atoms with Crippen LogP contribution in [0, 0.1) is 0 Å². The van der Waals surface area contributed by atoms with Crippen LogP contribution in [0.4, 0.5) is 0 Å². The third-order valence-electron chi connectivity index (χ3n) is 3.69. The van der Waals surface area contributed by atoms with Gasteiger partial charge in [-0.25, -0.2) is 4.98 Å². The van der Waals surface area contributed by atoms with Crippen LogP contribution in [-0.4, -0.2) is 4.98 Å². The average molecular weight is 322 g/mol. The Hall–Kier alpha value is -2.16. The standard InChI is InChI=1S/C19H12ClNS/c20-15-7-5-13(6-8-15)17-11-19(14-9-10-22-12-14)21-18-4-2-1-3-16(17)18/h1-12H. The van der Waals surface area contributed by atoms with Crippen molar-refractivity contribution >= 4 is 33.8 Å². The number of hydrogen-bond donors (Lipinski definition) is 0. The first-order valence-electron chi connectivity index (χ1n) is 6.99. The molecule has 0 aliphatic carbocycles. The number of aromatic nitrogens is 1. The first-order valence-corrected chi connectivity index (χ1v) is 8.32. The molecule has 0 saturated carbocycles. The van der Waals surface area contributed by atoms with E-state index in [1.807, 2.05) is 24.3 Å². The Morgan fingerprint density at radius 1 is 0.864 bits per heavy atom. The Kier molecular flexibility index (Phi) is 3.41. The number of thiophene rings is 1. The number of rotatable bonds is 2. The number of benzene rings is 2. The number of halogens is 1. The van der Waals surface area contributed by atoms with Crippen molar-refractivity contribution in [2.24, 2.45) is 0 Å². The molecule has 0 atom stereocenters. The van der Waals surface area contributed by atoms with E-state index >= 15 is 0 Å². The molecule has 4 aromatic rings. The zero-order valence-corrected chi connectivity index (χ0v) is 13.2. The van der Waals surface area contributed by atoms with Crippen molar-refractivity contribution in [2.75, 3.05) is 0 Å². The maximum Gasteiger partial charge on any atom is 0.0724 e. The molecule has 0 amide bonds. The molecule has 0 saturated heterocycles. The minimum Gasteiger partial charge on any atom is -0.248 e. The van der Waals surface area contributed by atoms with E-state index in [2.05, 4.69) is 47.2 Å². The van der Waals surface area contributed by atoms with Crippen LogP contribution in [0.5, 0.6) is 0 Å². The Morgan fingerprint density at radius 3 is 2.45 bits per heavy atom. The summed E-state index contributed by atoms with van der Waals surface area (Å²) in [6.07, 6.45) is 0. The number of fused-ring (bicyclic) bond motifs is 1. The Labute approximate surface area is 137 Å². The van der Waals surface area contributed by atoms with Gasteiger partial charge in [-0.2, -0.15) is 11.3 Å². The number of nitrogens with zero attached hydrogens (tertiary/aromatic N) is 1. The van der Waals surface area contributed by atoms with Crippen molar-refractivity contribution in [3.05, 3.63) is 76.4 Å². The van der Waals surface area contributed by atoms with Gasteiger partial charge in [0, 0.05) is 21.4 Å². The molecule has 0 spiro atoms. The molecule has 0 unspecified atom stereocenters. The van der Waals surface area contributed by atoms with E-state index in [1.165, 1.54) is 5.56 Å². The lowest BCUT2D eigenvalue weighted by molar-refractivity contribution is 1.41. The van der Waals surface area contributed by atoms with Crippen molar-refractivity contribution in [3.63, 3.8) is 0 Å². The van der Waals surface area contributed by atoms with E-state index < -0.39 is 0 Å². The summed E-state index contributed by atoms with van der Waals surface area (Å²) < 4.78 is 0. The molecule has 0 fully saturated rings. The number of hydrogen-bond acceptors (Lipinski definition) is 2. The Balaban J connectivity index is 2.01. The van der Waals surface area contributed by atoms with Crippen molar-refractivity contribution in [3.8, 4) is 22.4 Å². The third kappa shape index (κ3) is 2.41. The molecule has 2 aromatic heterocycles. The van der Waals surface area contributed by atoms with Gasteiger partial charge in [0.2, 0.25) is 0 Å². The van der Waals surface area contributed by atoms with Gasteiger partial charge in [-0.15, -0.1) is 0 Å². The molecule has 2 heterocycles. The molecular formula is C19H12ClNS. The molecule has 22 heavy (non-hydrogen) atoms. The lowest BCUT2D eigenvalue weighted by Crippen LogP contribution is -1.88. The van der Waals surface area contributed by atoms with Gasteiger partial charge in [0.15, 0.2) is 0 Å². The summed E-state index contributed by atoms with van der Waals surface area (Å²) in [6.45, 7) is 0. The zero-order chi connectivity index (χ0) is 14.9. The number of para-hydroxylation sites is 1. The average Bonchev–Trinajstić information content (AvgIpc) is 3.09. The van der Waals surface area contributed by atoms with Crippen LogP contribution in [-0.2, 0) is 0 Å². The van der Waals surface area contributed by atoms with Gasteiger partial charge < -0.3 is 0 Å². The highest BCUT2D eigenvalue weighted by Crippen LogP contribution is 2.33. The van der Waals surface area contributed by atoms with Crippen LogP contribution in [0.15, 0.2) is 71.4 Å². The van der Waals surface area contributed by atoms with Crippen molar-refractivity contribution in [1.82, 2.24) is 4.98 Å². The molecule has 0 aliphatic heterocycles. The summed E-state index contributed by atoms with van der Waals surface area (Å²) in [5.41, 5.74) is 5.51. The van der Waals surface area contributed by atoms with Crippen molar-refractivity contribution < 1.29 is 0 Å². The van der Waals surface area contributed by atoms with Gasteiger partial charge in [-0.3, -0.25) is 0 Å². The summed E-state index contributed by atoms with van der Waals surface area (Å²) >= 11 is 7.70. The first-order chi connectivity index (χ1) is 10.8. The maximum absolute atomic E-state index is 6.02. The van der Waals surface area contributed by atoms with Crippen LogP contribution >= 0.6 is 22.9 Å². The molecule has 2 aromatic carbocycles. The monoisotopic (exact) mass is 321 g/mol. The fourth-order valence-corrected chi connectivity index (χ4v) is 3.38. The highest BCUT2D eigenvalue weighted by atomic mass is 35.5. The van der Waals surface area contributed by atoms with E-state index in [0.717, 1.165) is 32.7 Å². The fraction of sp³-hybridized carbons (Fsp3) is 0. The van der Waals surface area contributed by atoms with Gasteiger partial charge >= 0.3 is 0 Å². The summed E-state index contributed by atoms with van der Waals surface area (Å²) in [6, 6.07) is 20.5. The molecule has 1 nitrogen and oxygen atoms in total. The van der Waals surface area contributed by atoms with Gasteiger partial charge in [0.25, 0.3) is 0 Å². The number of pyridine rings is 1. The Bertz CT molecular complexity index is 927. The summed E-state index contributed by atoms with van der Waals surface area (Å²) in [5, 5.41) is 6.11. The second-order valence-electron chi connectivity index (χ2n) is 5.09. The van der Waals surface area contributed by atoms with E-state index in [-0.39, 0.29) is 0 Å². The Morgan fingerprint density at radius 2 is 1.68 bits per heavy atom. The fourth-order valence-electron chi connectivity index (χ4n) is 2.60. The van der Waals surface area contributed by atoms with Crippen molar-refractivity contribution in [2.45, 2.75) is 0 Å². The largest absolute Gasteiger partial charge is 0.248 e. The highest BCUT2D eigenvalue weighted by molar-refractivity contribution is 7.08. The lowest BCUT2D eigenvalue weighted by Gasteiger charge is -2.09. The van der Waals surface area contributed by atoms with Crippen LogP contribution in [0.2, 0.25) is 5.02 Å². The molecule has 0 radical (unpaired) electrons. The summed E-state index contributed by atoms with van der Waals surface area (Å²) in [4.78, 5) is 4.80. The summed E-state index contributed by atoms with van der Waals surface area (Å²) in [7, 11) is 0. The molecule has 0 aliphatic rings. The van der Waals surface area contributed by atoms with E-state index in [0.29, 0.717) is 0 Å². The predicted octanol–water partition coefficient (Wildman–Crippen LogP) is 6.28. The SMILES string of the molecule is Clc1ccc(-c2cc(-c3ccsc3)nc3ccccc23)cc1. The van der Waals surface area contributed by atoms with Crippen LogP contribution in [0.25, 0.3) is 33.3 Å².